The van der Waals surface area contributed by atoms with E-state index in [-0.39, 0.29) is 11.8 Å². The van der Waals surface area contributed by atoms with E-state index in [1.54, 1.807) is 15.8 Å². The molecular weight excluding hydrogens is 308 g/mol. The fourth-order valence-corrected chi connectivity index (χ4v) is 3.35. The van der Waals surface area contributed by atoms with Crippen molar-refractivity contribution in [3.8, 4) is 5.82 Å². The summed E-state index contributed by atoms with van der Waals surface area (Å²) in [6.07, 6.45) is 2.59. The van der Waals surface area contributed by atoms with Crippen LogP contribution < -0.4 is 0 Å². The lowest BCUT2D eigenvalue weighted by atomic mass is 9.97. The summed E-state index contributed by atoms with van der Waals surface area (Å²) in [4.78, 5) is 25.7. The number of rotatable bonds is 3. The molecular formula is C17H22N4O3. The highest BCUT2D eigenvalue weighted by molar-refractivity contribution is 5.97. The Hall–Kier alpha value is -2.57. The van der Waals surface area contributed by atoms with Crippen LogP contribution in [0.3, 0.4) is 0 Å². The number of carbonyl (C=O) groups excluding carboxylic acids is 1. The van der Waals surface area contributed by atoms with E-state index in [4.69, 9.17) is 5.11 Å². The van der Waals surface area contributed by atoms with Crippen LogP contribution in [0.25, 0.3) is 5.82 Å². The average molecular weight is 330 g/mol. The zero-order valence-electron chi connectivity index (χ0n) is 14.2. The molecule has 24 heavy (non-hydrogen) atoms. The van der Waals surface area contributed by atoms with Gasteiger partial charge in [0.2, 0.25) is 0 Å². The molecule has 0 aliphatic carbocycles. The van der Waals surface area contributed by atoms with E-state index in [0.29, 0.717) is 31.5 Å². The third kappa shape index (κ3) is 2.70. The van der Waals surface area contributed by atoms with Crippen LogP contribution in [0.15, 0.2) is 18.3 Å². The topological polar surface area (TPSA) is 80.4 Å². The second-order valence-corrected chi connectivity index (χ2v) is 6.36. The Morgan fingerprint density at radius 3 is 2.29 bits per heavy atom. The molecule has 1 fully saturated rings. The number of nitrogens with zero attached hydrogens (tertiary/aromatic N) is 4. The number of hydrogen-bond acceptors (Lipinski definition) is 3. The predicted octanol–water partition coefficient (Wildman–Crippen LogP) is 1.76. The molecule has 0 bridgehead atoms. The molecule has 7 nitrogen and oxygen atoms in total. The second kappa shape index (κ2) is 6.14. The van der Waals surface area contributed by atoms with Crippen molar-refractivity contribution in [2.24, 2.45) is 13.0 Å². The first-order valence-electron chi connectivity index (χ1n) is 8.09. The van der Waals surface area contributed by atoms with Crippen molar-refractivity contribution in [1.29, 1.82) is 0 Å². The van der Waals surface area contributed by atoms with Crippen LogP contribution in [0.4, 0.5) is 0 Å². The normalized spacial score (nSPS) is 15.7. The number of carboxylic acid groups (broad SMARTS) is 1. The summed E-state index contributed by atoms with van der Waals surface area (Å²) in [6, 6.07) is 4.02. The van der Waals surface area contributed by atoms with Gasteiger partial charge in [0, 0.05) is 31.5 Å². The zero-order chi connectivity index (χ0) is 17.4. The predicted molar refractivity (Wildman–Crippen MR) is 88.3 cm³/mol. The van der Waals surface area contributed by atoms with Gasteiger partial charge in [0.15, 0.2) is 0 Å². The van der Waals surface area contributed by atoms with Gasteiger partial charge in [0.1, 0.15) is 11.4 Å². The summed E-state index contributed by atoms with van der Waals surface area (Å²) in [5.74, 6) is -0.464. The molecule has 1 amide bonds. The fourth-order valence-electron chi connectivity index (χ4n) is 3.35. The van der Waals surface area contributed by atoms with Gasteiger partial charge in [-0.25, -0.2) is 0 Å². The van der Waals surface area contributed by atoms with Crippen LogP contribution in [0.2, 0.25) is 0 Å². The Morgan fingerprint density at radius 1 is 1.17 bits per heavy atom. The Kier molecular flexibility index (Phi) is 4.17. The van der Waals surface area contributed by atoms with Gasteiger partial charge in [0.05, 0.1) is 12.1 Å². The number of hydrogen-bond donors (Lipinski definition) is 1. The molecule has 128 valence electrons. The first kappa shape index (κ1) is 16.3. The number of aromatic nitrogens is 3. The van der Waals surface area contributed by atoms with Crippen LogP contribution in [-0.2, 0) is 11.8 Å². The summed E-state index contributed by atoms with van der Waals surface area (Å²) in [6.45, 7) is 4.92. The highest BCUT2D eigenvalue weighted by Gasteiger charge is 2.30. The Balaban J connectivity index is 1.89. The van der Waals surface area contributed by atoms with Crippen molar-refractivity contribution < 1.29 is 14.7 Å². The standard InChI is InChI=1S/C17H22N4O3/c1-11-4-5-12(2)21(11)15-14(10-18-19(15)3)16(22)20-8-6-13(7-9-20)17(23)24/h4-5,10,13H,6-9H2,1-3H3,(H,23,24). The maximum Gasteiger partial charge on any atom is 0.306 e. The van der Waals surface area contributed by atoms with E-state index in [0.717, 1.165) is 17.2 Å². The van der Waals surface area contributed by atoms with Crippen LogP contribution in [-0.4, -0.2) is 49.3 Å². The largest absolute Gasteiger partial charge is 0.481 e. The van der Waals surface area contributed by atoms with Gasteiger partial charge in [-0.2, -0.15) is 5.10 Å². The minimum Gasteiger partial charge on any atom is -0.481 e. The van der Waals surface area contributed by atoms with E-state index in [2.05, 4.69) is 5.10 Å². The van der Waals surface area contributed by atoms with E-state index < -0.39 is 5.97 Å². The number of aliphatic carboxylic acids is 1. The number of aryl methyl sites for hydroxylation is 3. The van der Waals surface area contributed by atoms with Crippen molar-refractivity contribution in [2.45, 2.75) is 26.7 Å². The quantitative estimate of drug-likeness (QED) is 0.930. The van der Waals surface area contributed by atoms with Crippen LogP contribution in [0.1, 0.15) is 34.6 Å². The van der Waals surface area contributed by atoms with Crippen molar-refractivity contribution >= 4 is 11.9 Å². The van der Waals surface area contributed by atoms with Gasteiger partial charge in [-0.15, -0.1) is 0 Å². The molecule has 0 atom stereocenters. The summed E-state index contributed by atoms with van der Waals surface area (Å²) < 4.78 is 3.72. The van der Waals surface area contributed by atoms with Crippen molar-refractivity contribution in [2.75, 3.05) is 13.1 Å². The van der Waals surface area contributed by atoms with E-state index in [1.807, 2.05) is 37.6 Å². The molecule has 3 rings (SSSR count). The van der Waals surface area contributed by atoms with Gasteiger partial charge >= 0.3 is 5.97 Å². The second-order valence-electron chi connectivity index (χ2n) is 6.36. The molecule has 0 unspecified atom stereocenters. The van der Waals surface area contributed by atoms with Gasteiger partial charge in [-0.3, -0.25) is 14.3 Å². The molecule has 3 heterocycles. The van der Waals surface area contributed by atoms with Crippen LogP contribution in [0.5, 0.6) is 0 Å². The average Bonchev–Trinajstić information content (AvgIpc) is 3.09. The molecule has 0 saturated carbocycles. The molecule has 7 heteroatoms. The zero-order valence-corrected chi connectivity index (χ0v) is 14.2. The van der Waals surface area contributed by atoms with Gasteiger partial charge in [-0.05, 0) is 38.8 Å². The number of carbonyl (C=O) groups is 2. The van der Waals surface area contributed by atoms with E-state index in [9.17, 15) is 9.59 Å². The van der Waals surface area contributed by atoms with Crippen LogP contribution in [0, 0.1) is 19.8 Å². The lowest BCUT2D eigenvalue weighted by Gasteiger charge is -2.30. The molecule has 0 radical (unpaired) electrons. The lowest BCUT2D eigenvalue weighted by Crippen LogP contribution is -2.40. The summed E-state index contributed by atoms with van der Waals surface area (Å²) in [7, 11) is 1.82. The highest BCUT2D eigenvalue weighted by Crippen LogP contribution is 2.24. The molecule has 2 aromatic rings. The first-order valence-corrected chi connectivity index (χ1v) is 8.09. The molecule has 1 saturated heterocycles. The Labute approximate surface area is 140 Å². The molecule has 2 aromatic heterocycles. The maximum atomic E-state index is 12.9. The third-order valence-electron chi connectivity index (χ3n) is 4.75. The number of piperidine rings is 1. The highest BCUT2D eigenvalue weighted by atomic mass is 16.4. The SMILES string of the molecule is Cc1ccc(C)n1-c1c(C(=O)N2CCC(C(=O)O)CC2)cnn1C. The van der Waals surface area contributed by atoms with Crippen molar-refractivity contribution in [1.82, 2.24) is 19.2 Å². The fraction of sp³-hybridized carbons (Fsp3) is 0.471. The minimum atomic E-state index is -0.775. The Bertz CT molecular complexity index is 762. The molecule has 0 aromatic carbocycles. The number of carboxylic acids is 1. The van der Waals surface area contributed by atoms with Crippen LogP contribution >= 0.6 is 0 Å². The summed E-state index contributed by atoms with van der Waals surface area (Å²) in [5.41, 5.74) is 2.62. The van der Waals surface area contributed by atoms with Crippen molar-refractivity contribution in [3.63, 3.8) is 0 Å². The van der Waals surface area contributed by atoms with Gasteiger partial charge in [-0.1, -0.05) is 0 Å². The summed E-state index contributed by atoms with van der Waals surface area (Å²) in [5, 5.41) is 13.4. The minimum absolute atomic E-state index is 0.0885. The lowest BCUT2D eigenvalue weighted by molar-refractivity contribution is -0.143. The number of amides is 1. The van der Waals surface area contributed by atoms with Crippen molar-refractivity contribution in [3.05, 3.63) is 35.3 Å². The third-order valence-corrected chi connectivity index (χ3v) is 4.75. The molecule has 1 aliphatic heterocycles. The Morgan fingerprint density at radius 2 is 1.75 bits per heavy atom. The summed E-state index contributed by atoms with van der Waals surface area (Å²) >= 11 is 0. The van der Waals surface area contributed by atoms with E-state index in [1.165, 1.54) is 0 Å². The first-order chi connectivity index (χ1) is 11.4. The smallest absolute Gasteiger partial charge is 0.306 e. The molecule has 0 spiro atoms. The van der Waals surface area contributed by atoms with Gasteiger partial charge < -0.3 is 14.6 Å². The van der Waals surface area contributed by atoms with Gasteiger partial charge in [0.25, 0.3) is 5.91 Å². The number of likely N-dealkylation sites (tertiary alicyclic amines) is 1. The molecule has 1 N–H and O–H groups in total. The molecule has 1 aliphatic rings. The van der Waals surface area contributed by atoms with E-state index >= 15 is 0 Å². The maximum absolute atomic E-state index is 12.9. The monoisotopic (exact) mass is 330 g/mol.